The Morgan fingerprint density at radius 3 is 2.36 bits per heavy atom. The number of hydrogen-bond acceptors (Lipinski definition) is 3. The van der Waals surface area contributed by atoms with E-state index in [0.29, 0.717) is 12.1 Å². The van der Waals surface area contributed by atoms with Gasteiger partial charge in [-0.15, -0.1) is 12.4 Å². The second kappa shape index (κ2) is 5.31. The van der Waals surface area contributed by atoms with Gasteiger partial charge < -0.3 is 16.4 Å². The molecule has 2 aliphatic rings. The highest BCUT2D eigenvalue weighted by Crippen LogP contribution is 2.25. The Labute approximate surface area is 92.6 Å². The first-order valence-corrected chi connectivity index (χ1v) is 5.47. The molecular formula is C10H22ClN3. The predicted octanol–water partition coefficient (Wildman–Crippen LogP) is 0.569. The van der Waals surface area contributed by atoms with Gasteiger partial charge in [-0.3, -0.25) is 0 Å². The van der Waals surface area contributed by atoms with Gasteiger partial charge in [0.15, 0.2) is 0 Å². The average molecular weight is 220 g/mol. The third kappa shape index (κ3) is 3.09. The molecule has 4 N–H and O–H groups in total. The molecule has 0 aromatic heterocycles. The maximum Gasteiger partial charge on any atom is 0.0180 e. The number of nitrogens with zero attached hydrogens (tertiary/aromatic N) is 1. The molecule has 2 fully saturated rings. The van der Waals surface area contributed by atoms with Crippen molar-refractivity contribution in [2.45, 2.75) is 37.8 Å². The first kappa shape index (κ1) is 12.2. The third-order valence-corrected chi connectivity index (χ3v) is 3.41. The van der Waals surface area contributed by atoms with Gasteiger partial charge in [0.2, 0.25) is 0 Å². The van der Waals surface area contributed by atoms with E-state index >= 15 is 0 Å². The van der Waals surface area contributed by atoms with E-state index in [-0.39, 0.29) is 12.4 Å². The monoisotopic (exact) mass is 219 g/mol. The zero-order valence-corrected chi connectivity index (χ0v) is 9.51. The van der Waals surface area contributed by atoms with Gasteiger partial charge in [-0.25, -0.2) is 0 Å². The number of halogens is 1. The highest BCUT2D eigenvalue weighted by Gasteiger charge is 2.26. The molecule has 3 nitrogen and oxygen atoms in total. The van der Waals surface area contributed by atoms with Crippen molar-refractivity contribution in [3.05, 3.63) is 0 Å². The molecule has 1 saturated heterocycles. The van der Waals surface area contributed by atoms with Crippen molar-refractivity contribution in [3.63, 3.8) is 0 Å². The Bertz CT molecular complexity index is 159. The zero-order valence-electron chi connectivity index (χ0n) is 8.69. The molecular weight excluding hydrogens is 198 g/mol. The summed E-state index contributed by atoms with van der Waals surface area (Å²) in [6.07, 6.45) is 4.96. The van der Waals surface area contributed by atoms with Crippen molar-refractivity contribution >= 4 is 12.4 Å². The van der Waals surface area contributed by atoms with Crippen LogP contribution in [0.5, 0.6) is 0 Å². The molecule has 4 heteroatoms. The first-order chi connectivity index (χ1) is 6.24. The molecule has 14 heavy (non-hydrogen) atoms. The minimum Gasteiger partial charge on any atom is -0.328 e. The van der Waals surface area contributed by atoms with Gasteiger partial charge in [0, 0.05) is 25.2 Å². The molecule has 1 aliphatic heterocycles. The molecule has 84 valence electrons. The van der Waals surface area contributed by atoms with Crippen LogP contribution in [-0.4, -0.2) is 36.6 Å². The van der Waals surface area contributed by atoms with Crippen molar-refractivity contribution in [3.8, 4) is 0 Å². The topological polar surface area (TPSA) is 55.3 Å². The van der Waals surface area contributed by atoms with Gasteiger partial charge in [0.05, 0.1) is 0 Å². The van der Waals surface area contributed by atoms with E-state index in [0.717, 1.165) is 12.5 Å². The Morgan fingerprint density at radius 2 is 1.86 bits per heavy atom. The second-order valence-electron chi connectivity index (χ2n) is 4.75. The van der Waals surface area contributed by atoms with Crippen molar-refractivity contribution in [2.24, 2.45) is 17.4 Å². The van der Waals surface area contributed by atoms with Gasteiger partial charge in [-0.05, 0) is 38.1 Å². The lowest BCUT2D eigenvalue weighted by molar-refractivity contribution is 0.276. The summed E-state index contributed by atoms with van der Waals surface area (Å²) >= 11 is 0. The van der Waals surface area contributed by atoms with E-state index in [1.807, 2.05) is 0 Å². The summed E-state index contributed by atoms with van der Waals surface area (Å²) in [4.78, 5) is 2.51. The van der Waals surface area contributed by atoms with Crippen LogP contribution in [0.15, 0.2) is 0 Å². The van der Waals surface area contributed by atoms with Crippen LogP contribution < -0.4 is 11.5 Å². The van der Waals surface area contributed by atoms with Crippen LogP contribution in [0.3, 0.4) is 0 Å². The normalized spacial score (nSPS) is 38.6. The van der Waals surface area contributed by atoms with E-state index in [1.54, 1.807) is 0 Å². The summed E-state index contributed by atoms with van der Waals surface area (Å²) < 4.78 is 0. The van der Waals surface area contributed by atoms with E-state index in [4.69, 9.17) is 11.5 Å². The molecule has 3 atom stereocenters. The smallest absolute Gasteiger partial charge is 0.0180 e. The molecule has 0 radical (unpaired) electrons. The molecule has 1 heterocycles. The summed E-state index contributed by atoms with van der Waals surface area (Å²) in [5.41, 5.74) is 11.7. The van der Waals surface area contributed by atoms with Crippen LogP contribution in [0.25, 0.3) is 0 Å². The van der Waals surface area contributed by atoms with Crippen molar-refractivity contribution in [2.75, 3.05) is 19.6 Å². The molecule has 0 aromatic rings. The Hall–Kier alpha value is 0.170. The minimum atomic E-state index is 0. The third-order valence-electron chi connectivity index (χ3n) is 3.41. The van der Waals surface area contributed by atoms with Crippen LogP contribution in [0.4, 0.5) is 0 Å². The standard InChI is InChI=1S/C10H21N3.ClH/c11-9-2-1-8(5-9)6-13-4-3-10(12)7-13;/h8-10H,1-7,11-12H2;1H/t8?,9?,10-;/m0./s1. The van der Waals surface area contributed by atoms with Gasteiger partial charge in [0.25, 0.3) is 0 Å². The summed E-state index contributed by atoms with van der Waals surface area (Å²) in [5, 5.41) is 0. The van der Waals surface area contributed by atoms with Crippen molar-refractivity contribution in [1.82, 2.24) is 4.90 Å². The van der Waals surface area contributed by atoms with Crippen LogP contribution >= 0.6 is 12.4 Å². The highest BCUT2D eigenvalue weighted by atomic mass is 35.5. The molecule has 2 unspecified atom stereocenters. The van der Waals surface area contributed by atoms with Gasteiger partial charge in [0.1, 0.15) is 0 Å². The number of rotatable bonds is 2. The Balaban J connectivity index is 0.000000980. The lowest BCUT2D eigenvalue weighted by atomic mass is 10.1. The summed E-state index contributed by atoms with van der Waals surface area (Å²) in [5.74, 6) is 0.847. The lowest BCUT2D eigenvalue weighted by Gasteiger charge is -2.19. The Morgan fingerprint density at radius 1 is 1.07 bits per heavy atom. The Kier molecular flexibility index (Phi) is 4.64. The van der Waals surface area contributed by atoms with E-state index < -0.39 is 0 Å². The predicted molar refractivity (Wildman–Crippen MR) is 61.6 cm³/mol. The van der Waals surface area contributed by atoms with Crippen LogP contribution in [0.2, 0.25) is 0 Å². The summed E-state index contributed by atoms with van der Waals surface area (Å²) in [6, 6.07) is 0.899. The minimum absolute atomic E-state index is 0. The van der Waals surface area contributed by atoms with E-state index in [2.05, 4.69) is 4.90 Å². The van der Waals surface area contributed by atoms with Crippen LogP contribution in [0, 0.1) is 5.92 Å². The lowest BCUT2D eigenvalue weighted by Crippen LogP contribution is -2.30. The van der Waals surface area contributed by atoms with Gasteiger partial charge >= 0.3 is 0 Å². The highest BCUT2D eigenvalue weighted by molar-refractivity contribution is 5.85. The fraction of sp³-hybridized carbons (Fsp3) is 1.00. The second-order valence-corrected chi connectivity index (χ2v) is 4.75. The maximum absolute atomic E-state index is 5.88. The zero-order chi connectivity index (χ0) is 9.26. The molecule has 0 spiro atoms. The van der Waals surface area contributed by atoms with Gasteiger partial charge in [-0.1, -0.05) is 0 Å². The molecule has 1 saturated carbocycles. The first-order valence-electron chi connectivity index (χ1n) is 5.47. The van der Waals surface area contributed by atoms with E-state index in [1.165, 1.54) is 38.8 Å². The molecule has 0 amide bonds. The van der Waals surface area contributed by atoms with Crippen molar-refractivity contribution in [1.29, 1.82) is 0 Å². The van der Waals surface area contributed by atoms with Gasteiger partial charge in [-0.2, -0.15) is 0 Å². The molecule has 0 bridgehead atoms. The number of hydrogen-bond donors (Lipinski definition) is 2. The fourth-order valence-corrected chi connectivity index (χ4v) is 2.67. The van der Waals surface area contributed by atoms with E-state index in [9.17, 15) is 0 Å². The fourth-order valence-electron chi connectivity index (χ4n) is 2.67. The largest absolute Gasteiger partial charge is 0.328 e. The average Bonchev–Trinajstić information content (AvgIpc) is 2.62. The molecule has 0 aromatic carbocycles. The number of likely N-dealkylation sites (tertiary alicyclic amines) is 1. The summed E-state index contributed by atoms with van der Waals surface area (Å²) in [6.45, 7) is 3.54. The SMILES string of the molecule is Cl.NC1CCC(CN2CC[C@H](N)C2)C1. The van der Waals surface area contributed by atoms with Crippen molar-refractivity contribution < 1.29 is 0 Å². The molecule has 2 rings (SSSR count). The maximum atomic E-state index is 5.88. The molecule has 1 aliphatic carbocycles. The quantitative estimate of drug-likeness (QED) is 0.714. The summed E-state index contributed by atoms with van der Waals surface area (Å²) in [7, 11) is 0. The number of nitrogens with two attached hydrogens (primary N) is 2. The van der Waals surface area contributed by atoms with Crippen LogP contribution in [0.1, 0.15) is 25.7 Å². The van der Waals surface area contributed by atoms with Crippen LogP contribution in [-0.2, 0) is 0 Å².